The van der Waals surface area contributed by atoms with Crippen molar-refractivity contribution in [3.05, 3.63) is 66.2 Å². The summed E-state index contributed by atoms with van der Waals surface area (Å²) < 4.78 is 5.73. The number of hydrogen-bond donors (Lipinski definition) is 0. The topological polar surface area (TPSA) is 21.6 Å². The monoisotopic (exact) mass is 265 g/mol. The van der Waals surface area contributed by atoms with Gasteiger partial charge in [-0.25, -0.2) is 4.99 Å². The van der Waals surface area contributed by atoms with Crippen molar-refractivity contribution in [3.63, 3.8) is 0 Å². The molecule has 0 unspecified atom stereocenters. The summed E-state index contributed by atoms with van der Waals surface area (Å²) in [6.07, 6.45) is 0. The molecule has 0 radical (unpaired) electrons. The molecule has 2 aromatic rings. The molecule has 0 atom stereocenters. The highest BCUT2D eigenvalue weighted by molar-refractivity contribution is 5.82. The molecule has 0 spiro atoms. The summed E-state index contributed by atoms with van der Waals surface area (Å²) >= 11 is 0. The summed E-state index contributed by atoms with van der Waals surface area (Å²) in [5, 5.41) is 0. The number of rotatable bonds is 3. The normalized spacial score (nSPS) is 11.2. The van der Waals surface area contributed by atoms with Crippen molar-refractivity contribution in [1.82, 2.24) is 0 Å². The minimum Gasteiger partial charge on any atom is -0.443 e. The lowest BCUT2D eigenvalue weighted by Crippen LogP contribution is -2.02. The fourth-order valence-corrected chi connectivity index (χ4v) is 1.90. The average Bonchev–Trinajstić information content (AvgIpc) is 2.41. The van der Waals surface area contributed by atoms with Gasteiger partial charge < -0.3 is 4.74 Å². The van der Waals surface area contributed by atoms with Gasteiger partial charge in [0.25, 0.3) is 0 Å². The minimum absolute atomic E-state index is 0.613. The van der Waals surface area contributed by atoms with E-state index in [-0.39, 0.29) is 0 Å². The zero-order valence-electron chi connectivity index (χ0n) is 12.2. The van der Waals surface area contributed by atoms with Crippen LogP contribution in [0.5, 0.6) is 5.75 Å². The maximum Gasteiger partial charge on any atom is 0.192 e. The van der Waals surface area contributed by atoms with Crippen LogP contribution in [-0.4, -0.2) is 5.90 Å². The van der Waals surface area contributed by atoms with Crippen molar-refractivity contribution in [2.24, 2.45) is 4.99 Å². The number of aliphatic imine (C=N–C) groups is 1. The molecule has 0 fully saturated rings. The highest BCUT2D eigenvalue weighted by Gasteiger charge is 2.03. The standard InChI is InChI=1S/C18H19NO/c1-13(2)17-7-5-6-8-18(17)19-15(4)20-16-11-9-14(3)10-12-16/h5-12H,1H2,2-4H3. The zero-order chi connectivity index (χ0) is 14.5. The molecule has 2 rings (SSSR count). The van der Waals surface area contributed by atoms with Crippen LogP contribution in [0.25, 0.3) is 5.57 Å². The van der Waals surface area contributed by atoms with Crippen LogP contribution in [0.4, 0.5) is 5.69 Å². The lowest BCUT2D eigenvalue weighted by Gasteiger charge is -2.08. The molecule has 0 saturated carbocycles. The lowest BCUT2D eigenvalue weighted by atomic mass is 10.1. The molecule has 102 valence electrons. The van der Waals surface area contributed by atoms with E-state index < -0.39 is 0 Å². The number of allylic oxidation sites excluding steroid dienone is 1. The Morgan fingerprint density at radius 1 is 1.00 bits per heavy atom. The minimum atomic E-state index is 0.613. The van der Waals surface area contributed by atoms with Crippen LogP contribution >= 0.6 is 0 Å². The summed E-state index contributed by atoms with van der Waals surface area (Å²) in [5.41, 5.74) is 4.12. The number of aryl methyl sites for hydroxylation is 1. The SMILES string of the molecule is C=C(C)c1ccccc1N=C(C)Oc1ccc(C)cc1. The molecule has 2 aromatic carbocycles. The van der Waals surface area contributed by atoms with Gasteiger partial charge in [0.2, 0.25) is 0 Å². The van der Waals surface area contributed by atoms with Crippen LogP contribution in [0.2, 0.25) is 0 Å². The Kier molecular flexibility index (Phi) is 4.36. The molecular weight excluding hydrogens is 246 g/mol. The van der Waals surface area contributed by atoms with E-state index in [0.29, 0.717) is 5.90 Å². The maximum absolute atomic E-state index is 5.73. The van der Waals surface area contributed by atoms with E-state index in [1.165, 1.54) is 5.56 Å². The lowest BCUT2D eigenvalue weighted by molar-refractivity contribution is 0.547. The van der Waals surface area contributed by atoms with Gasteiger partial charge in [-0.3, -0.25) is 0 Å². The Morgan fingerprint density at radius 3 is 2.30 bits per heavy atom. The first-order valence-corrected chi connectivity index (χ1v) is 6.61. The van der Waals surface area contributed by atoms with E-state index in [1.54, 1.807) is 0 Å². The van der Waals surface area contributed by atoms with E-state index in [2.05, 4.69) is 11.6 Å². The Labute approximate surface area is 120 Å². The number of hydrogen-bond acceptors (Lipinski definition) is 2. The van der Waals surface area contributed by atoms with Gasteiger partial charge in [-0.15, -0.1) is 0 Å². The molecule has 2 nitrogen and oxygen atoms in total. The van der Waals surface area contributed by atoms with Gasteiger partial charge in [-0.2, -0.15) is 0 Å². The van der Waals surface area contributed by atoms with Crippen LogP contribution in [-0.2, 0) is 0 Å². The first-order valence-electron chi connectivity index (χ1n) is 6.61. The molecule has 0 aromatic heterocycles. The molecule has 0 aliphatic carbocycles. The molecule has 0 aliphatic heterocycles. The molecule has 0 aliphatic rings. The second-order valence-corrected chi connectivity index (χ2v) is 4.84. The van der Waals surface area contributed by atoms with Gasteiger partial charge in [-0.05, 0) is 37.6 Å². The van der Waals surface area contributed by atoms with E-state index in [9.17, 15) is 0 Å². The van der Waals surface area contributed by atoms with E-state index in [4.69, 9.17) is 4.74 Å². The van der Waals surface area contributed by atoms with Gasteiger partial charge in [0.1, 0.15) is 5.75 Å². The molecule has 0 amide bonds. The third-order valence-corrected chi connectivity index (χ3v) is 2.93. The highest BCUT2D eigenvalue weighted by Crippen LogP contribution is 2.25. The Balaban J connectivity index is 2.22. The molecule has 2 heteroatoms. The smallest absolute Gasteiger partial charge is 0.192 e. The van der Waals surface area contributed by atoms with Crippen molar-refractivity contribution in [3.8, 4) is 5.75 Å². The summed E-state index contributed by atoms with van der Waals surface area (Å²) in [5.74, 6) is 1.41. The quantitative estimate of drug-likeness (QED) is 0.555. The second-order valence-electron chi connectivity index (χ2n) is 4.84. The van der Waals surface area contributed by atoms with Crippen LogP contribution in [0, 0.1) is 6.92 Å². The van der Waals surface area contributed by atoms with Crippen molar-refractivity contribution in [1.29, 1.82) is 0 Å². The number of nitrogens with zero attached hydrogens (tertiary/aromatic N) is 1. The summed E-state index contributed by atoms with van der Waals surface area (Å²) in [4.78, 5) is 4.53. The first-order chi connectivity index (χ1) is 9.56. The molecule has 0 heterocycles. The van der Waals surface area contributed by atoms with Gasteiger partial charge >= 0.3 is 0 Å². The van der Waals surface area contributed by atoms with Crippen molar-refractivity contribution < 1.29 is 4.74 Å². The molecular formula is C18H19NO. The molecule has 0 bridgehead atoms. The van der Waals surface area contributed by atoms with Crippen LogP contribution in [0.3, 0.4) is 0 Å². The number of benzene rings is 2. The molecule has 0 N–H and O–H groups in total. The van der Waals surface area contributed by atoms with Gasteiger partial charge in [0.15, 0.2) is 5.90 Å². The van der Waals surface area contributed by atoms with E-state index in [0.717, 1.165) is 22.6 Å². The summed E-state index contributed by atoms with van der Waals surface area (Å²) in [6, 6.07) is 15.9. The Hall–Kier alpha value is -2.35. The summed E-state index contributed by atoms with van der Waals surface area (Å²) in [7, 11) is 0. The molecule has 0 saturated heterocycles. The van der Waals surface area contributed by atoms with E-state index in [1.807, 2.05) is 69.3 Å². The largest absolute Gasteiger partial charge is 0.443 e. The first kappa shape index (κ1) is 14.1. The highest BCUT2D eigenvalue weighted by atomic mass is 16.5. The number of para-hydroxylation sites is 1. The van der Waals surface area contributed by atoms with Gasteiger partial charge in [-0.1, -0.05) is 42.5 Å². The Bertz CT molecular complexity index is 639. The van der Waals surface area contributed by atoms with Crippen molar-refractivity contribution >= 4 is 17.2 Å². The molecule has 20 heavy (non-hydrogen) atoms. The zero-order valence-corrected chi connectivity index (χ0v) is 12.2. The van der Waals surface area contributed by atoms with Crippen LogP contribution < -0.4 is 4.74 Å². The Morgan fingerprint density at radius 2 is 1.65 bits per heavy atom. The second kappa shape index (κ2) is 6.20. The predicted molar refractivity (Wildman–Crippen MR) is 85.7 cm³/mol. The predicted octanol–water partition coefficient (Wildman–Crippen LogP) is 5.16. The van der Waals surface area contributed by atoms with Gasteiger partial charge in [0.05, 0.1) is 5.69 Å². The number of ether oxygens (including phenoxy) is 1. The summed E-state index contributed by atoms with van der Waals surface area (Å²) in [6.45, 7) is 9.86. The third kappa shape index (κ3) is 3.58. The maximum atomic E-state index is 5.73. The fourth-order valence-electron chi connectivity index (χ4n) is 1.90. The van der Waals surface area contributed by atoms with E-state index >= 15 is 0 Å². The van der Waals surface area contributed by atoms with Crippen molar-refractivity contribution in [2.45, 2.75) is 20.8 Å². The fraction of sp³-hybridized carbons (Fsp3) is 0.167. The van der Waals surface area contributed by atoms with Crippen LogP contribution in [0.1, 0.15) is 25.0 Å². The third-order valence-electron chi connectivity index (χ3n) is 2.93. The van der Waals surface area contributed by atoms with Gasteiger partial charge in [0, 0.05) is 12.5 Å². The van der Waals surface area contributed by atoms with Crippen LogP contribution in [0.15, 0.2) is 60.1 Å². The van der Waals surface area contributed by atoms with Crippen molar-refractivity contribution in [2.75, 3.05) is 0 Å². The average molecular weight is 265 g/mol.